The highest BCUT2D eigenvalue weighted by atomic mass is 15.3. The first-order chi connectivity index (χ1) is 8.66. The summed E-state index contributed by atoms with van der Waals surface area (Å²) in [7, 11) is 4.22. The van der Waals surface area contributed by atoms with Crippen molar-refractivity contribution in [2.24, 2.45) is 0 Å². The molecule has 2 N–H and O–H groups in total. The van der Waals surface area contributed by atoms with Crippen LogP contribution in [0.25, 0.3) is 0 Å². The predicted octanol–water partition coefficient (Wildman–Crippen LogP) is -0.258. The van der Waals surface area contributed by atoms with Crippen molar-refractivity contribution in [1.29, 1.82) is 0 Å². The van der Waals surface area contributed by atoms with Gasteiger partial charge in [-0.15, -0.1) is 0 Å². The predicted molar refractivity (Wildman–Crippen MR) is 73.7 cm³/mol. The molecule has 1 saturated heterocycles. The molecule has 0 aliphatic carbocycles. The summed E-state index contributed by atoms with van der Waals surface area (Å²) in [4.78, 5) is 15.3. The lowest BCUT2D eigenvalue weighted by atomic mass is 10.3. The number of aromatic nitrogens is 2. The molecule has 18 heavy (non-hydrogen) atoms. The average Bonchev–Trinajstić information content (AvgIpc) is 2.38. The molecule has 0 spiro atoms. The number of nitrogens with zero attached hydrogens (tertiary/aromatic N) is 5. The molecule has 6 heteroatoms. The van der Waals surface area contributed by atoms with Crippen molar-refractivity contribution in [3.05, 3.63) is 12.4 Å². The van der Waals surface area contributed by atoms with Gasteiger partial charge in [-0.3, -0.25) is 4.90 Å². The summed E-state index contributed by atoms with van der Waals surface area (Å²) in [5.41, 5.74) is 5.85. The van der Waals surface area contributed by atoms with E-state index in [2.05, 4.69) is 38.8 Å². The summed E-state index contributed by atoms with van der Waals surface area (Å²) in [6.07, 6.45) is 3.33. The molecular formula is C12H22N6. The first-order valence-corrected chi connectivity index (χ1v) is 6.35. The van der Waals surface area contributed by atoms with Crippen molar-refractivity contribution >= 4 is 11.6 Å². The van der Waals surface area contributed by atoms with Crippen molar-refractivity contribution in [3.8, 4) is 0 Å². The number of hydrogen-bond acceptors (Lipinski definition) is 6. The second-order valence-electron chi connectivity index (χ2n) is 4.90. The van der Waals surface area contributed by atoms with Gasteiger partial charge in [0.1, 0.15) is 0 Å². The quantitative estimate of drug-likeness (QED) is 0.794. The molecule has 0 saturated carbocycles. The van der Waals surface area contributed by atoms with Crippen LogP contribution in [0.15, 0.2) is 12.4 Å². The number of nitrogen functional groups attached to an aromatic ring is 1. The Morgan fingerprint density at radius 2 is 1.83 bits per heavy atom. The second-order valence-corrected chi connectivity index (χ2v) is 4.90. The van der Waals surface area contributed by atoms with E-state index in [0.717, 1.165) is 45.1 Å². The Kier molecular flexibility index (Phi) is 4.33. The lowest BCUT2D eigenvalue weighted by Crippen LogP contribution is -2.48. The van der Waals surface area contributed by atoms with Crippen LogP contribution in [0.4, 0.5) is 11.6 Å². The van der Waals surface area contributed by atoms with Gasteiger partial charge < -0.3 is 15.5 Å². The van der Waals surface area contributed by atoms with Crippen LogP contribution in [0.1, 0.15) is 0 Å². The van der Waals surface area contributed by atoms with Crippen LogP contribution in [0.3, 0.4) is 0 Å². The van der Waals surface area contributed by atoms with Crippen LogP contribution in [0.5, 0.6) is 0 Å². The van der Waals surface area contributed by atoms with E-state index in [4.69, 9.17) is 5.73 Å². The number of nitrogens with two attached hydrogens (primary N) is 1. The molecule has 6 nitrogen and oxygen atoms in total. The summed E-state index contributed by atoms with van der Waals surface area (Å²) in [5, 5.41) is 0. The summed E-state index contributed by atoms with van der Waals surface area (Å²) in [5.74, 6) is 1.35. The van der Waals surface area contributed by atoms with Gasteiger partial charge in [0.05, 0.1) is 0 Å². The minimum atomic E-state index is 0.527. The summed E-state index contributed by atoms with van der Waals surface area (Å²) in [6.45, 7) is 6.28. The van der Waals surface area contributed by atoms with Crippen molar-refractivity contribution in [3.63, 3.8) is 0 Å². The lowest BCUT2D eigenvalue weighted by Gasteiger charge is -2.35. The SMILES string of the molecule is CN(C)CCN1CCN(c2nccnc2N)CC1. The number of likely N-dealkylation sites (N-methyl/N-ethyl adjacent to an activating group) is 1. The fourth-order valence-corrected chi connectivity index (χ4v) is 2.11. The molecule has 1 aromatic heterocycles. The highest BCUT2D eigenvalue weighted by molar-refractivity contribution is 5.57. The van der Waals surface area contributed by atoms with Crippen LogP contribution >= 0.6 is 0 Å². The van der Waals surface area contributed by atoms with Gasteiger partial charge in [-0.2, -0.15) is 0 Å². The lowest BCUT2D eigenvalue weighted by molar-refractivity contribution is 0.229. The molecule has 0 amide bonds. The van der Waals surface area contributed by atoms with E-state index < -0.39 is 0 Å². The molecular weight excluding hydrogens is 228 g/mol. The van der Waals surface area contributed by atoms with Gasteiger partial charge in [0, 0.05) is 51.7 Å². The Morgan fingerprint density at radius 3 is 2.44 bits per heavy atom. The van der Waals surface area contributed by atoms with Gasteiger partial charge >= 0.3 is 0 Å². The van der Waals surface area contributed by atoms with Crippen molar-refractivity contribution in [2.45, 2.75) is 0 Å². The zero-order chi connectivity index (χ0) is 13.0. The number of hydrogen-bond donors (Lipinski definition) is 1. The second kappa shape index (κ2) is 5.97. The fraction of sp³-hybridized carbons (Fsp3) is 0.667. The zero-order valence-electron chi connectivity index (χ0n) is 11.2. The maximum absolute atomic E-state index is 5.85. The van der Waals surface area contributed by atoms with E-state index in [-0.39, 0.29) is 0 Å². The Hall–Kier alpha value is -1.40. The maximum atomic E-state index is 5.85. The van der Waals surface area contributed by atoms with Crippen LogP contribution in [-0.2, 0) is 0 Å². The molecule has 1 fully saturated rings. The van der Waals surface area contributed by atoms with E-state index in [9.17, 15) is 0 Å². The Labute approximate surface area is 108 Å². The van der Waals surface area contributed by atoms with Gasteiger partial charge in [-0.1, -0.05) is 0 Å². The smallest absolute Gasteiger partial charge is 0.171 e. The largest absolute Gasteiger partial charge is 0.381 e. The third-order valence-corrected chi connectivity index (χ3v) is 3.24. The first kappa shape index (κ1) is 13.0. The van der Waals surface area contributed by atoms with Gasteiger partial charge in [-0.25, -0.2) is 9.97 Å². The Bertz CT molecular complexity index is 373. The Balaban J connectivity index is 1.85. The molecule has 0 unspecified atom stereocenters. The minimum absolute atomic E-state index is 0.527. The van der Waals surface area contributed by atoms with Gasteiger partial charge in [0.2, 0.25) is 0 Å². The monoisotopic (exact) mass is 250 g/mol. The summed E-state index contributed by atoms with van der Waals surface area (Å²) in [6, 6.07) is 0. The van der Waals surface area contributed by atoms with E-state index in [1.807, 2.05) is 0 Å². The van der Waals surface area contributed by atoms with E-state index in [1.165, 1.54) is 0 Å². The molecule has 0 aromatic carbocycles. The molecule has 0 atom stereocenters. The van der Waals surface area contributed by atoms with Gasteiger partial charge in [0.15, 0.2) is 11.6 Å². The Morgan fingerprint density at radius 1 is 1.17 bits per heavy atom. The van der Waals surface area contributed by atoms with Crippen LogP contribution in [0.2, 0.25) is 0 Å². The average molecular weight is 250 g/mol. The third-order valence-electron chi connectivity index (χ3n) is 3.24. The van der Waals surface area contributed by atoms with E-state index in [1.54, 1.807) is 12.4 Å². The third kappa shape index (κ3) is 3.30. The molecule has 2 heterocycles. The maximum Gasteiger partial charge on any atom is 0.171 e. The molecule has 2 rings (SSSR count). The fourth-order valence-electron chi connectivity index (χ4n) is 2.11. The minimum Gasteiger partial charge on any atom is -0.381 e. The van der Waals surface area contributed by atoms with E-state index in [0.29, 0.717) is 5.82 Å². The van der Waals surface area contributed by atoms with Crippen LogP contribution in [0, 0.1) is 0 Å². The summed E-state index contributed by atoms with van der Waals surface area (Å²) < 4.78 is 0. The number of anilines is 2. The molecule has 1 aliphatic rings. The normalized spacial score (nSPS) is 17.4. The zero-order valence-corrected chi connectivity index (χ0v) is 11.2. The van der Waals surface area contributed by atoms with Crippen LogP contribution < -0.4 is 10.6 Å². The van der Waals surface area contributed by atoms with Crippen molar-refractivity contribution < 1.29 is 0 Å². The van der Waals surface area contributed by atoms with E-state index >= 15 is 0 Å². The van der Waals surface area contributed by atoms with Crippen molar-refractivity contribution in [2.75, 3.05) is 64.0 Å². The molecule has 0 radical (unpaired) electrons. The highest BCUT2D eigenvalue weighted by Crippen LogP contribution is 2.18. The topological polar surface area (TPSA) is 61.5 Å². The van der Waals surface area contributed by atoms with Gasteiger partial charge in [0.25, 0.3) is 0 Å². The van der Waals surface area contributed by atoms with Crippen molar-refractivity contribution in [1.82, 2.24) is 19.8 Å². The van der Waals surface area contributed by atoms with Gasteiger partial charge in [-0.05, 0) is 14.1 Å². The number of rotatable bonds is 4. The molecule has 1 aromatic rings. The van der Waals surface area contributed by atoms with Crippen LogP contribution in [-0.4, -0.2) is 73.1 Å². The number of piperazine rings is 1. The molecule has 100 valence electrons. The molecule has 0 bridgehead atoms. The first-order valence-electron chi connectivity index (χ1n) is 6.35. The highest BCUT2D eigenvalue weighted by Gasteiger charge is 2.19. The molecule has 1 aliphatic heterocycles. The summed E-state index contributed by atoms with van der Waals surface area (Å²) >= 11 is 0. The standard InChI is InChI=1S/C12H22N6/c1-16(2)5-6-17-7-9-18(10-8-17)12-11(13)14-3-4-15-12/h3-4H,5-10H2,1-2H3,(H2,13,14).